The van der Waals surface area contributed by atoms with Crippen LogP contribution in [0.25, 0.3) is 0 Å². The molecule has 0 bridgehead atoms. The van der Waals surface area contributed by atoms with Crippen molar-refractivity contribution in [2.45, 2.75) is 26.2 Å². The molecule has 0 saturated carbocycles. The molecule has 2 N–H and O–H groups in total. The summed E-state index contributed by atoms with van der Waals surface area (Å²) < 4.78 is 19.0. The second kappa shape index (κ2) is 7.23. The molecule has 1 aliphatic rings. The molecule has 5 nitrogen and oxygen atoms in total. The molecule has 1 fully saturated rings. The van der Waals surface area contributed by atoms with E-state index in [9.17, 15) is 4.39 Å². The molecule has 106 valence electrons. The normalized spacial score (nSPS) is 19.2. The average Bonchev–Trinajstić information content (AvgIpc) is 2.46. The van der Waals surface area contributed by atoms with Gasteiger partial charge in [-0.25, -0.2) is 9.37 Å². The van der Waals surface area contributed by atoms with E-state index in [4.69, 9.17) is 4.74 Å². The van der Waals surface area contributed by atoms with Gasteiger partial charge in [0.2, 0.25) is 5.95 Å². The van der Waals surface area contributed by atoms with Crippen LogP contribution >= 0.6 is 0 Å². The minimum absolute atomic E-state index is 0.263. The monoisotopic (exact) mass is 268 g/mol. The third-order valence-electron chi connectivity index (χ3n) is 3.09. The highest BCUT2D eigenvalue weighted by atomic mass is 19.1. The summed E-state index contributed by atoms with van der Waals surface area (Å²) in [6, 6.07) is 0. The average molecular weight is 268 g/mol. The van der Waals surface area contributed by atoms with Crippen LogP contribution in [0, 0.1) is 11.7 Å². The van der Waals surface area contributed by atoms with Crippen molar-refractivity contribution in [3.8, 4) is 0 Å². The summed E-state index contributed by atoms with van der Waals surface area (Å²) >= 11 is 0. The number of anilines is 2. The Hall–Kier alpha value is -1.43. The van der Waals surface area contributed by atoms with Gasteiger partial charge >= 0.3 is 0 Å². The summed E-state index contributed by atoms with van der Waals surface area (Å²) in [6.07, 6.45) is 4.36. The van der Waals surface area contributed by atoms with E-state index in [1.54, 1.807) is 0 Å². The van der Waals surface area contributed by atoms with Crippen LogP contribution in [0.3, 0.4) is 0 Å². The SMILES string of the molecule is CCCNc1ncc(F)c(NCC2CCCOC2)n1. The number of hydrogen-bond donors (Lipinski definition) is 2. The maximum Gasteiger partial charge on any atom is 0.224 e. The molecule has 0 amide bonds. The van der Waals surface area contributed by atoms with Gasteiger partial charge in [-0.05, 0) is 25.2 Å². The Kier molecular flexibility index (Phi) is 5.32. The molecule has 0 aromatic carbocycles. The summed E-state index contributed by atoms with van der Waals surface area (Å²) in [5.41, 5.74) is 0. The smallest absolute Gasteiger partial charge is 0.224 e. The molecule has 1 atom stereocenters. The third kappa shape index (κ3) is 4.31. The van der Waals surface area contributed by atoms with Crippen LogP contribution in [0.2, 0.25) is 0 Å². The van der Waals surface area contributed by atoms with Gasteiger partial charge in [0.25, 0.3) is 0 Å². The first-order chi connectivity index (χ1) is 9.29. The van der Waals surface area contributed by atoms with Crippen molar-refractivity contribution in [3.63, 3.8) is 0 Å². The zero-order valence-corrected chi connectivity index (χ0v) is 11.3. The topological polar surface area (TPSA) is 59.1 Å². The van der Waals surface area contributed by atoms with E-state index in [0.29, 0.717) is 18.4 Å². The quantitative estimate of drug-likeness (QED) is 0.829. The van der Waals surface area contributed by atoms with Crippen molar-refractivity contribution in [3.05, 3.63) is 12.0 Å². The largest absolute Gasteiger partial charge is 0.381 e. The van der Waals surface area contributed by atoms with Crippen molar-refractivity contribution in [1.29, 1.82) is 0 Å². The lowest BCUT2D eigenvalue weighted by Crippen LogP contribution is -2.25. The first kappa shape index (κ1) is 14.0. The zero-order chi connectivity index (χ0) is 13.5. The predicted octanol–water partition coefficient (Wildman–Crippen LogP) is 2.28. The lowest BCUT2D eigenvalue weighted by atomic mass is 10.0. The van der Waals surface area contributed by atoms with Gasteiger partial charge in [-0.2, -0.15) is 4.98 Å². The lowest BCUT2D eigenvalue weighted by molar-refractivity contribution is 0.0594. The molecule has 1 saturated heterocycles. The van der Waals surface area contributed by atoms with Gasteiger partial charge in [0.1, 0.15) is 0 Å². The molecule has 2 rings (SSSR count). The highest BCUT2D eigenvalue weighted by Crippen LogP contribution is 2.16. The number of hydrogen-bond acceptors (Lipinski definition) is 5. The molecule has 1 aliphatic heterocycles. The van der Waals surface area contributed by atoms with Crippen LogP contribution in [-0.4, -0.2) is 36.3 Å². The fraction of sp³-hybridized carbons (Fsp3) is 0.692. The standard InChI is InChI=1S/C13H21FN4O/c1-2-5-15-13-17-8-11(14)12(18-13)16-7-10-4-3-6-19-9-10/h8,10H,2-7,9H2,1H3,(H2,15,16,17,18). The van der Waals surface area contributed by atoms with Crippen LogP contribution in [-0.2, 0) is 4.74 Å². The Morgan fingerprint density at radius 2 is 2.37 bits per heavy atom. The van der Waals surface area contributed by atoms with Crippen molar-refractivity contribution in [2.24, 2.45) is 5.92 Å². The third-order valence-corrected chi connectivity index (χ3v) is 3.09. The Morgan fingerprint density at radius 3 is 3.11 bits per heavy atom. The molecule has 1 aromatic heterocycles. The maximum atomic E-state index is 13.6. The van der Waals surface area contributed by atoms with Crippen LogP contribution in [0.4, 0.5) is 16.2 Å². The molecule has 0 radical (unpaired) electrons. The van der Waals surface area contributed by atoms with Crippen LogP contribution in [0.5, 0.6) is 0 Å². The molecule has 1 aromatic rings. The second-order valence-corrected chi connectivity index (χ2v) is 4.78. The van der Waals surface area contributed by atoms with Gasteiger partial charge < -0.3 is 15.4 Å². The first-order valence-electron chi connectivity index (χ1n) is 6.87. The Labute approximate surface area is 113 Å². The van der Waals surface area contributed by atoms with Crippen LogP contribution in [0.1, 0.15) is 26.2 Å². The fourth-order valence-corrected chi connectivity index (χ4v) is 2.02. The summed E-state index contributed by atoms with van der Waals surface area (Å²) in [6.45, 7) is 5.09. The Balaban J connectivity index is 1.90. The number of nitrogens with zero attached hydrogens (tertiary/aromatic N) is 2. The highest BCUT2D eigenvalue weighted by Gasteiger charge is 2.15. The van der Waals surface area contributed by atoms with E-state index < -0.39 is 5.82 Å². The summed E-state index contributed by atoms with van der Waals surface area (Å²) in [7, 11) is 0. The van der Waals surface area contributed by atoms with Gasteiger partial charge in [-0.3, -0.25) is 0 Å². The van der Waals surface area contributed by atoms with Crippen molar-refractivity contribution >= 4 is 11.8 Å². The van der Waals surface area contributed by atoms with E-state index in [1.165, 1.54) is 6.20 Å². The van der Waals surface area contributed by atoms with Gasteiger partial charge in [0.15, 0.2) is 11.6 Å². The molecule has 6 heteroatoms. The second-order valence-electron chi connectivity index (χ2n) is 4.78. The molecule has 1 unspecified atom stereocenters. The molecule has 19 heavy (non-hydrogen) atoms. The minimum Gasteiger partial charge on any atom is -0.381 e. The van der Waals surface area contributed by atoms with Gasteiger partial charge in [0, 0.05) is 19.7 Å². The molecular formula is C13H21FN4O. The number of ether oxygens (including phenoxy) is 1. The number of rotatable bonds is 6. The molecule has 0 spiro atoms. The van der Waals surface area contributed by atoms with Crippen molar-refractivity contribution < 1.29 is 9.13 Å². The van der Waals surface area contributed by atoms with Crippen LogP contribution < -0.4 is 10.6 Å². The van der Waals surface area contributed by atoms with Crippen molar-refractivity contribution in [1.82, 2.24) is 9.97 Å². The van der Waals surface area contributed by atoms with E-state index >= 15 is 0 Å². The number of nitrogens with one attached hydrogen (secondary N) is 2. The van der Waals surface area contributed by atoms with E-state index in [1.807, 2.05) is 0 Å². The number of aromatic nitrogens is 2. The summed E-state index contributed by atoms with van der Waals surface area (Å²) in [5.74, 6) is 0.735. The van der Waals surface area contributed by atoms with E-state index in [0.717, 1.165) is 39.0 Å². The van der Waals surface area contributed by atoms with Gasteiger partial charge in [0.05, 0.1) is 12.8 Å². The summed E-state index contributed by atoms with van der Waals surface area (Å²) in [5, 5.41) is 6.10. The first-order valence-corrected chi connectivity index (χ1v) is 6.87. The maximum absolute atomic E-state index is 13.6. The van der Waals surface area contributed by atoms with Gasteiger partial charge in [-0.15, -0.1) is 0 Å². The Morgan fingerprint density at radius 1 is 1.47 bits per heavy atom. The van der Waals surface area contributed by atoms with Crippen molar-refractivity contribution in [2.75, 3.05) is 36.9 Å². The molecule has 2 heterocycles. The lowest BCUT2D eigenvalue weighted by Gasteiger charge is -2.22. The zero-order valence-electron chi connectivity index (χ0n) is 11.3. The molecular weight excluding hydrogens is 247 g/mol. The van der Waals surface area contributed by atoms with Crippen LogP contribution in [0.15, 0.2) is 6.20 Å². The fourth-order valence-electron chi connectivity index (χ4n) is 2.02. The Bertz CT molecular complexity index is 396. The summed E-state index contributed by atoms with van der Waals surface area (Å²) in [4.78, 5) is 8.05. The van der Waals surface area contributed by atoms with Gasteiger partial charge in [-0.1, -0.05) is 6.92 Å². The van der Waals surface area contributed by atoms with E-state index in [2.05, 4.69) is 27.5 Å². The number of halogens is 1. The predicted molar refractivity (Wildman–Crippen MR) is 72.8 cm³/mol. The van der Waals surface area contributed by atoms with E-state index in [-0.39, 0.29) is 5.82 Å². The minimum atomic E-state index is -0.418. The highest BCUT2D eigenvalue weighted by molar-refractivity contribution is 5.41. The molecule has 0 aliphatic carbocycles.